The van der Waals surface area contributed by atoms with Crippen molar-refractivity contribution < 1.29 is 14.3 Å². The van der Waals surface area contributed by atoms with Crippen molar-refractivity contribution in [2.24, 2.45) is 5.92 Å². The predicted molar refractivity (Wildman–Crippen MR) is 116 cm³/mol. The summed E-state index contributed by atoms with van der Waals surface area (Å²) in [6, 6.07) is 1.31. The van der Waals surface area contributed by atoms with Gasteiger partial charge >= 0.3 is 6.03 Å². The van der Waals surface area contributed by atoms with Crippen molar-refractivity contribution in [3.8, 4) is 0 Å². The third-order valence-electron chi connectivity index (χ3n) is 7.50. The molecule has 2 aliphatic carbocycles. The van der Waals surface area contributed by atoms with Gasteiger partial charge in [-0.1, -0.05) is 19.3 Å². The van der Waals surface area contributed by atoms with Gasteiger partial charge in [-0.2, -0.15) is 0 Å². The number of nitrogens with one attached hydrogen (secondary N) is 1. The highest BCUT2D eigenvalue weighted by atomic mass is 16.5. The molecule has 1 unspecified atom stereocenters. The van der Waals surface area contributed by atoms with Crippen LogP contribution in [-0.2, 0) is 9.53 Å². The normalized spacial score (nSPS) is 26.2. The van der Waals surface area contributed by atoms with Crippen molar-refractivity contribution in [1.82, 2.24) is 20.0 Å². The highest BCUT2D eigenvalue weighted by Crippen LogP contribution is 2.33. The zero-order chi connectivity index (χ0) is 20.9. The second kappa shape index (κ2) is 10.3. The summed E-state index contributed by atoms with van der Waals surface area (Å²) in [4.78, 5) is 31.7. The summed E-state index contributed by atoms with van der Waals surface area (Å²) in [5.74, 6) is 0.670. The summed E-state index contributed by atoms with van der Waals surface area (Å²) < 4.78 is 5.59. The van der Waals surface area contributed by atoms with Gasteiger partial charge in [-0.25, -0.2) is 4.79 Å². The number of carbonyl (C=O) groups is 2. The maximum absolute atomic E-state index is 12.7. The maximum atomic E-state index is 12.7. The molecule has 0 bridgehead atoms. The standard InChI is InChI=1S/C23H40N4O3/c1-25(23(29)24-19-5-3-2-4-6-19)13-14-27(20-10-15-30-16-11-20)21-9-12-26(17-21)22(28)18-7-8-18/h18-21H,2-17H2,1H3,(H,24,29). The number of hydrogen-bond donors (Lipinski definition) is 1. The minimum absolute atomic E-state index is 0.0609. The number of likely N-dealkylation sites (tertiary alicyclic amines) is 1. The van der Waals surface area contributed by atoms with Crippen LogP contribution in [0.3, 0.4) is 0 Å². The molecule has 2 saturated carbocycles. The van der Waals surface area contributed by atoms with Gasteiger partial charge in [0.25, 0.3) is 0 Å². The first kappa shape index (κ1) is 21.9. The Labute approximate surface area is 181 Å². The molecule has 0 spiro atoms. The van der Waals surface area contributed by atoms with Gasteiger partial charge in [0.15, 0.2) is 0 Å². The summed E-state index contributed by atoms with van der Waals surface area (Å²) in [7, 11) is 1.91. The molecule has 3 amide bonds. The van der Waals surface area contributed by atoms with E-state index in [1.807, 2.05) is 11.9 Å². The Balaban J connectivity index is 1.30. The van der Waals surface area contributed by atoms with Crippen LogP contribution in [0, 0.1) is 5.92 Å². The van der Waals surface area contributed by atoms with Crippen LogP contribution < -0.4 is 5.32 Å². The number of likely N-dealkylation sites (N-methyl/N-ethyl adjacent to an activating group) is 1. The van der Waals surface area contributed by atoms with Gasteiger partial charge in [0.1, 0.15) is 0 Å². The van der Waals surface area contributed by atoms with Crippen molar-refractivity contribution in [1.29, 1.82) is 0 Å². The number of ether oxygens (including phenoxy) is 1. The first-order valence-electron chi connectivity index (χ1n) is 12.3. The summed E-state index contributed by atoms with van der Waals surface area (Å²) in [6.07, 6.45) is 11.3. The molecule has 170 valence electrons. The number of nitrogens with zero attached hydrogens (tertiary/aromatic N) is 3. The molecule has 1 atom stereocenters. The van der Waals surface area contributed by atoms with E-state index in [1.165, 1.54) is 19.3 Å². The van der Waals surface area contributed by atoms with E-state index in [0.29, 0.717) is 30.0 Å². The van der Waals surface area contributed by atoms with Crippen molar-refractivity contribution in [3.63, 3.8) is 0 Å². The average molecular weight is 421 g/mol. The summed E-state index contributed by atoms with van der Waals surface area (Å²) in [6.45, 7) is 4.97. The van der Waals surface area contributed by atoms with Gasteiger partial charge in [0, 0.05) is 70.5 Å². The number of urea groups is 1. The topological polar surface area (TPSA) is 65.1 Å². The monoisotopic (exact) mass is 420 g/mol. The molecule has 7 heteroatoms. The smallest absolute Gasteiger partial charge is 0.317 e. The molecule has 4 fully saturated rings. The molecule has 4 aliphatic rings. The Kier molecular flexibility index (Phi) is 7.52. The van der Waals surface area contributed by atoms with Crippen LogP contribution in [0.2, 0.25) is 0 Å². The van der Waals surface area contributed by atoms with Gasteiger partial charge in [0.2, 0.25) is 5.91 Å². The molecule has 2 aliphatic heterocycles. The largest absolute Gasteiger partial charge is 0.381 e. The molecule has 1 N–H and O–H groups in total. The van der Waals surface area contributed by atoms with E-state index < -0.39 is 0 Å². The van der Waals surface area contributed by atoms with E-state index in [-0.39, 0.29) is 6.03 Å². The van der Waals surface area contributed by atoms with Gasteiger partial charge in [0.05, 0.1) is 0 Å². The van der Waals surface area contributed by atoms with Crippen molar-refractivity contribution >= 4 is 11.9 Å². The highest BCUT2D eigenvalue weighted by Gasteiger charge is 2.39. The Morgan fingerprint density at radius 1 is 0.933 bits per heavy atom. The molecule has 0 aromatic rings. The lowest BCUT2D eigenvalue weighted by atomic mass is 9.96. The average Bonchev–Trinajstić information content (AvgIpc) is 3.52. The Morgan fingerprint density at radius 2 is 1.67 bits per heavy atom. The minimum atomic E-state index is 0.0609. The zero-order valence-corrected chi connectivity index (χ0v) is 18.7. The van der Waals surface area contributed by atoms with Crippen LogP contribution in [0.25, 0.3) is 0 Å². The fourth-order valence-corrected chi connectivity index (χ4v) is 5.38. The molecule has 2 heterocycles. The Morgan fingerprint density at radius 3 is 2.37 bits per heavy atom. The lowest BCUT2D eigenvalue weighted by Gasteiger charge is -2.39. The van der Waals surface area contributed by atoms with E-state index in [1.54, 1.807) is 0 Å². The van der Waals surface area contributed by atoms with Crippen LogP contribution in [0.15, 0.2) is 0 Å². The first-order chi connectivity index (χ1) is 14.6. The fourth-order valence-electron chi connectivity index (χ4n) is 5.38. The second-order valence-electron chi connectivity index (χ2n) is 9.79. The van der Waals surface area contributed by atoms with Crippen LogP contribution in [0.5, 0.6) is 0 Å². The minimum Gasteiger partial charge on any atom is -0.381 e. The van der Waals surface area contributed by atoms with E-state index in [4.69, 9.17) is 4.74 Å². The summed E-state index contributed by atoms with van der Waals surface area (Å²) >= 11 is 0. The maximum Gasteiger partial charge on any atom is 0.317 e. The van der Waals surface area contributed by atoms with Crippen LogP contribution in [0.1, 0.15) is 64.2 Å². The highest BCUT2D eigenvalue weighted by molar-refractivity contribution is 5.81. The zero-order valence-electron chi connectivity index (χ0n) is 18.7. The predicted octanol–water partition coefficient (Wildman–Crippen LogP) is 2.45. The third kappa shape index (κ3) is 5.67. The number of hydrogen-bond acceptors (Lipinski definition) is 4. The molecular formula is C23H40N4O3. The fraction of sp³-hybridized carbons (Fsp3) is 0.913. The van der Waals surface area contributed by atoms with Gasteiger partial charge in [-0.15, -0.1) is 0 Å². The van der Waals surface area contributed by atoms with Crippen LogP contribution in [-0.4, -0.2) is 91.2 Å². The van der Waals surface area contributed by atoms with Crippen LogP contribution >= 0.6 is 0 Å². The van der Waals surface area contributed by atoms with Crippen LogP contribution in [0.4, 0.5) is 4.79 Å². The Bertz CT molecular complexity index is 585. The second-order valence-corrected chi connectivity index (χ2v) is 9.79. The van der Waals surface area contributed by atoms with E-state index in [2.05, 4.69) is 15.1 Å². The number of carbonyl (C=O) groups excluding carboxylic acids is 2. The molecule has 7 nitrogen and oxygen atoms in total. The van der Waals surface area contributed by atoms with E-state index >= 15 is 0 Å². The van der Waals surface area contributed by atoms with Crippen molar-refractivity contribution in [3.05, 3.63) is 0 Å². The van der Waals surface area contributed by atoms with E-state index in [0.717, 1.165) is 84.3 Å². The molecule has 0 radical (unpaired) electrons. The van der Waals surface area contributed by atoms with Gasteiger partial charge < -0.3 is 19.9 Å². The van der Waals surface area contributed by atoms with Crippen molar-refractivity contribution in [2.75, 3.05) is 46.4 Å². The summed E-state index contributed by atoms with van der Waals surface area (Å²) in [5.41, 5.74) is 0. The first-order valence-corrected chi connectivity index (χ1v) is 12.3. The van der Waals surface area contributed by atoms with E-state index in [9.17, 15) is 9.59 Å². The molecule has 4 rings (SSSR count). The third-order valence-corrected chi connectivity index (χ3v) is 7.50. The number of amides is 3. The lowest BCUT2D eigenvalue weighted by molar-refractivity contribution is -0.131. The molecule has 0 aromatic carbocycles. The SMILES string of the molecule is CN(CCN(C1CCOCC1)C1CCN(C(=O)C2CC2)C1)C(=O)NC1CCCCC1. The molecule has 2 saturated heterocycles. The molecular weight excluding hydrogens is 380 g/mol. The number of rotatable bonds is 7. The summed E-state index contributed by atoms with van der Waals surface area (Å²) in [5, 5.41) is 3.23. The Hall–Kier alpha value is -1.34. The molecule has 30 heavy (non-hydrogen) atoms. The van der Waals surface area contributed by atoms with Crippen molar-refractivity contribution in [2.45, 2.75) is 82.3 Å². The molecule has 0 aromatic heterocycles. The van der Waals surface area contributed by atoms with Gasteiger partial charge in [-0.3, -0.25) is 9.69 Å². The quantitative estimate of drug-likeness (QED) is 0.687. The van der Waals surface area contributed by atoms with Gasteiger partial charge in [-0.05, 0) is 44.9 Å². The lowest BCUT2D eigenvalue weighted by Crippen LogP contribution is -2.51.